The van der Waals surface area contributed by atoms with Crippen molar-refractivity contribution in [3.05, 3.63) is 36.2 Å². The number of amides is 2. The van der Waals surface area contributed by atoms with Gasteiger partial charge >= 0.3 is 0 Å². The number of ether oxygens (including phenoxy) is 1. The van der Waals surface area contributed by atoms with Crippen LogP contribution in [0.15, 0.2) is 34.9 Å². The Morgan fingerprint density at radius 2 is 1.97 bits per heavy atom. The minimum atomic E-state index is -0.168. The number of piperidine rings is 1. The van der Waals surface area contributed by atoms with Crippen LogP contribution in [0.4, 0.5) is 0 Å². The summed E-state index contributed by atoms with van der Waals surface area (Å²) in [5, 5.41) is 6.97. The van der Waals surface area contributed by atoms with Gasteiger partial charge in [-0.1, -0.05) is 35.5 Å². The van der Waals surface area contributed by atoms with Crippen molar-refractivity contribution in [3.8, 4) is 11.4 Å². The normalized spacial score (nSPS) is 19.8. The van der Waals surface area contributed by atoms with E-state index in [0.29, 0.717) is 50.6 Å². The van der Waals surface area contributed by atoms with Crippen molar-refractivity contribution >= 4 is 11.8 Å². The van der Waals surface area contributed by atoms with Crippen LogP contribution in [-0.4, -0.2) is 84.2 Å². The molecule has 1 atom stereocenters. The maximum absolute atomic E-state index is 12.7. The van der Waals surface area contributed by atoms with Crippen molar-refractivity contribution in [3.63, 3.8) is 0 Å². The highest BCUT2D eigenvalue weighted by Gasteiger charge is 2.30. The minimum absolute atomic E-state index is 0.0153. The van der Waals surface area contributed by atoms with E-state index in [0.717, 1.165) is 44.8 Å². The van der Waals surface area contributed by atoms with Gasteiger partial charge in [0.25, 0.3) is 0 Å². The third-order valence-electron chi connectivity index (χ3n) is 6.02. The number of hydrogen-bond donors (Lipinski definition) is 1. The topological polar surface area (TPSA) is 101 Å². The quantitative estimate of drug-likeness (QED) is 0.627. The third kappa shape index (κ3) is 6.14. The highest BCUT2D eigenvalue weighted by Crippen LogP contribution is 2.19. The van der Waals surface area contributed by atoms with Gasteiger partial charge in [-0.3, -0.25) is 14.5 Å². The number of carbonyl (C=O) groups is 2. The summed E-state index contributed by atoms with van der Waals surface area (Å²) in [6.45, 7) is 6.04. The molecule has 0 unspecified atom stereocenters. The van der Waals surface area contributed by atoms with E-state index in [1.165, 1.54) is 0 Å². The molecule has 2 amide bonds. The molecule has 2 aliphatic rings. The first-order chi connectivity index (χ1) is 15.7. The van der Waals surface area contributed by atoms with Crippen LogP contribution in [0.5, 0.6) is 0 Å². The Hall–Kier alpha value is -2.78. The van der Waals surface area contributed by atoms with Crippen LogP contribution >= 0.6 is 0 Å². The molecule has 0 spiro atoms. The Morgan fingerprint density at radius 3 is 2.78 bits per heavy atom. The first-order valence-corrected chi connectivity index (χ1v) is 11.4. The van der Waals surface area contributed by atoms with Gasteiger partial charge in [0.15, 0.2) is 0 Å². The van der Waals surface area contributed by atoms with Crippen LogP contribution in [0.1, 0.15) is 25.2 Å². The second-order valence-corrected chi connectivity index (χ2v) is 8.30. The first-order valence-electron chi connectivity index (χ1n) is 11.4. The molecule has 0 radical (unpaired) electrons. The smallest absolute Gasteiger partial charge is 0.228 e. The molecule has 0 bridgehead atoms. The average Bonchev–Trinajstić information content (AvgIpc) is 3.30. The summed E-state index contributed by atoms with van der Waals surface area (Å²) in [4.78, 5) is 33.5. The standard InChI is InChI=1S/C23H31N5O4/c29-21-8-7-19(17-28(21)12-4-11-27-13-15-31-16-14-27)23(30)24-10-9-20-25-22(26-32-20)18-5-2-1-3-6-18/h1-3,5-6,19H,4,7-17H2,(H,24,30)/t19-/m1/s1. The summed E-state index contributed by atoms with van der Waals surface area (Å²) in [6, 6.07) is 9.63. The molecule has 0 saturated carbocycles. The van der Waals surface area contributed by atoms with Gasteiger partial charge in [-0.05, 0) is 12.8 Å². The molecule has 32 heavy (non-hydrogen) atoms. The third-order valence-corrected chi connectivity index (χ3v) is 6.02. The molecule has 1 aromatic carbocycles. The molecule has 9 heteroatoms. The zero-order valence-electron chi connectivity index (χ0n) is 18.4. The molecule has 2 fully saturated rings. The molecule has 2 aliphatic heterocycles. The monoisotopic (exact) mass is 441 g/mol. The van der Waals surface area contributed by atoms with Crippen LogP contribution in [-0.2, 0) is 20.7 Å². The molecular formula is C23H31N5O4. The van der Waals surface area contributed by atoms with Crippen molar-refractivity contribution in [1.29, 1.82) is 0 Å². The molecule has 0 aliphatic carbocycles. The van der Waals surface area contributed by atoms with Crippen molar-refractivity contribution in [1.82, 2.24) is 25.3 Å². The summed E-state index contributed by atoms with van der Waals surface area (Å²) in [5.74, 6) is 1.01. The lowest BCUT2D eigenvalue weighted by atomic mass is 9.96. The molecule has 9 nitrogen and oxygen atoms in total. The van der Waals surface area contributed by atoms with Crippen LogP contribution in [0, 0.1) is 5.92 Å². The number of nitrogens with one attached hydrogen (secondary N) is 1. The number of benzene rings is 1. The van der Waals surface area contributed by atoms with Crippen LogP contribution in [0.25, 0.3) is 11.4 Å². The summed E-state index contributed by atoms with van der Waals surface area (Å²) >= 11 is 0. The average molecular weight is 442 g/mol. The van der Waals surface area contributed by atoms with Crippen LogP contribution in [0.3, 0.4) is 0 Å². The molecule has 3 heterocycles. The van der Waals surface area contributed by atoms with E-state index in [9.17, 15) is 9.59 Å². The van der Waals surface area contributed by atoms with Gasteiger partial charge in [0.1, 0.15) is 0 Å². The van der Waals surface area contributed by atoms with Crippen molar-refractivity contribution in [2.24, 2.45) is 5.92 Å². The van der Waals surface area contributed by atoms with E-state index in [1.807, 2.05) is 35.2 Å². The lowest BCUT2D eigenvalue weighted by Crippen LogP contribution is -2.47. The number of likely N-dealkylation sites (tertiary alicyclic amines) is 1. The van der Waals surface area contributed by atoms with Crippen molar-refractivity contribution in [2.75, 3.05) is 52.5 Å². The lowest BCUT2D eigenvalue weighted by Gasteiger charge is -2.33. The first kappa shape index (κ1) is 22.4. The van der Waals surface area contributed by atoms with Crippen LogP contribution in [0.2, 0.25) is 0 Å². The fraction of sp³-hybridized carbons (Fsp3) is 0.565. The number of morpholine rings is 1. The molecule has 1 N–H and O–H groups in total. The summed E-state index contributed by atoms with van der Waals surface area (Å²) in [5.41, 5.74) is 0.895. The van der Waals surface area contributed by atoms with Crippen molar-refractivity contribution in [2.45, 2.75) is 25.7 Å². The number of carbonyl (C=O) groups excluding carboxylic acids is 2. The van der Waals surface area contributed by atoms with E-state index in [1.54, 1.807) is 0 Å². The maximum atomic E-state index is 12.7. The molecule has 2 saturated heterocycles. The fourth-order valence-corrected chi connectivity index (χ4v) is 4.15. The molecule has 2 aromatic rings. The number of aromatic nitrogens is 2. The predicted octanol–water partition coefficient (Wildman–Crippen LogP) is 1.36. The largest absolute Gasteiger partial charge is 0.379 e. The van der Waals surface area contributed by atoms with Crippen molar-refractivity contribution < 1.29 is 18.8 Å². The van der Waals surface area contributed by atoms with E-state index in [-0.39, 0.29) is 17.7 Å². The second kappa shape index (κ2) is 11.2. The highest BCUT2D eigenvalue weighted by atomic mass is 16.5. The zero-order chi connectivity index (χ0) is 22.2. The fourth-order valence-electron chi connectivity index (χ4n) is 4.15. The molecule has 172 valence electrons. The Balaban J connectivity index is 1.18. The number of hydrogen-bond acceptors (Lipinski definition) is 7. The lowest BCUT2D eigenvalue weighted by molar-refractivity contribution is -0.138. The predicted molar refractivity (Wildman–Crippen MR) is 118 cm³/mol. The number of nitrogens with zero attached hydrogens (tertiary/aromatic N) is 4. The molecule has 1 aromatic heterocycles. The van der Waals surface area contributed by atoms with Gasteiger partial charge in [-0.25, -0.2) is 0 Å². The van der Waals surface area contributed by atoms with Crippen LogP contribution < -0.4 is 5.32 Å². The van der Waals surface area contributed by atoms with Gasteiger partial charge in [0.05, 0.1) is 19.1 Å². The Labute approximate surface area is 188 Å². The Bertz CT molecular complexity index is 882. The zero-order valence-corrected chi connectivity index (χ0v) is 18.4. The maximum Gasteiger partial charge on any atom is 0.228 e. The van der Waals surface area contributed by atoms with E-state index in [4.69, 9.17) is 9.26 Å². The van der Waals surface area contributed by atoms with Gasteiger partial charge in [-0.2, -0.15) is 4.98 Å². The van der Waals surface area contributed by atoms with E-state index in [2.05, 4.69) is 20.4 Å². The van der Waals surface area contributed by atoms with Gasteiger partial charge < -0.3 is 19.5 Å². The second-order valence-electron chi connectivity index (χ2n) is 8.30. The van der Waals surface area contributed by atoms with E-state index >= 15 is 0 Å². The van der Waals surface area contributed by atoms with Gasteiger partial charge in [-0.15, -0.1) is 0 Å². The molecular weight excluding hydrogens is 410 g/mol. The summed E-state index contributed by atoms with van der Waals surface area (Å²) in [7, 11) is 0. The summed E-state index contributed by atoms with van der Waals surface area (Å²) in [6.07, 6.45) is 2.42. The summed E-state index contributed by atoms with van der Waals surface area (Å²) < 4.78 is 10.7. The van der Waals surface area contributed by atoms with Gasteiger partial charge in [0, 0.05) is 57.7 Å². The minimum Gasteiger partial charge on any atom is -0.379 e. The SMILES string of the molecule is O=C(NCCc1nc(-c2ccccc2)no1)[C@@H]1CCC(=O)N(CCCN2CCOCC2)C1. The Kier molecular flexibility index (Phi) is 7.84. The number of rotatable bonds is 9. The highest BCUT2D eigenvalue weighted by molar-refractivity contribution is 5.83. The van der Waals surface area contributed by atoms with E-state index < -0.39 is 0 Å². The van der Waals surface area contributed by atoms with Gasteiger partial charge in [0.2, 0.25) is 23.5 Å². The Morgan fingerprint density at radius 1 is 1.16 bits per heavy atom. The molecule has 4 rings (SSSR count).